The standard InChI is InChI=1S/C20H42O4S.K/c1-3-5-7-8-9-12-15-19(21)16-13-10-14-18-20(25(22,23)24)17-11-6-4-2;/h19-21H,3-18H2,1-2H3,(H,22,23,24);/q;+1/p-1. The molecule has 0 saturated carbocycles. The fourth-order valence-corrected chi connectivity index (χ4v) is 4.20. The van der Waals surface area contributed by atoms with Crippen molar-refractivity contribution in [3.05, 3.63) is 0 Å². The second kappa shape index (κ2) is 19.8. The minimum Gasteiger partial charge on any atom is -0.748 e. The van der Waals surface area contributed by atoms with Gasteiger partial charge in [-0.05, 0) is 25.7 Å². The van der Waals surface area contributed by atoms with Crippen molar-refractivity contribution >= 4 is 10.1 Å². The van der Waals surface area contributed by atoms with Crippen LogP contribution in [0.15, 0.2) is 0 Å². The van der Waals surface area contributed by atoms with Crippen LogP contribution in [0.5, 0.6) is 0 Å². The molecule has 0 amide bonds. The number of aliphatic hydroxyl groups is 1. The second-order valence-electron chi connectivity index (χ2n) is 7.46. The van der Waals surface area contributed by atoms with E-state index >= 15 is 0 Å². The maximum atomic E-state index is 11.3. The van der Waals surface area contributed by atoms with Crippen molar-refractivity contribution in [3.63, 3.8) is 0 Å². The first-order valence-electron chi connectivity index (χ1n) is 10.5. The van der Waals surface area contributed by atoms with Gasteiger partial charge in [0.1, 0.15) is 0 Å². The molecule has 2 unspecified atom stereocenters. The Labute approximate surface area is 205 Å². The summed E-state index contributed by atoms with van der Waals surface area (Å²) in [6.45, 7) is 4.28. The van der Waals surface area contributed by atoms with Gasteiger partial charge in [-0.1, -0.05) is 90.9 Å². The Hall–Kier alpha value is 1.51. The van der Waals surface area contributed by atoms with Gasteiger partial charge in [0.15, 0.2) is 0 Å². The number of rotatable bonds is 18. The third-order valence-corrected chi connectivity index (χ3v) is 6.28. The molecule has 1 N–H and O–H groups in total. The maximum absolute atomic E-state index is 11.3. The van der Waals surface area contributed by atoms with Gasteiger partial charge in [0.2, 0.25) is 0 Å². The quantitative estimate of drug-likeness (QED) is 0.212. The van der Waals surface area contributed by atoms with Crippen LogP contribution in [0.1, 0.15) is 117 Å². The topological polar surface area (TPSA) is 77.4 Å². The fourth-order valence-electron chi connectivity index (χ4n) is 3.29. The van der Waals surface area contributed by atoms with Gasteiger partial charge in [0.05, 0.1) is 16.2 Å². The molecule has 2 atom stereocenters. The molecule has 0 aliphatic heterocycles. The molecule has 0 heterocycles. The summed E-state index contributed by atoms with van der Waals surface area (Å²) in [5, 5.41) is 9.27. The van der Waals surface area contributed by atoms with Crippen molar-refractivity contribution in [2.45, 2.75) is 128 Å². The van der Waals surface area contributed by atoms with Gasteiger partial charge in [0, 0.05) is 5.25 Å². The van der Waals surface area contributed by atoms with Crippen molar-refractivity contribution in [2.24, 2.45) is 0 Å². The molecule has 0 aromatic carbocycles. The van der Waals surface area contributed by atoms with Crippen LogP contribution in [-0.4, -0.2) is 29.4 Å². The summed E-state index contributed by atoms with van der Waals surface area (Å²) in [5.41, 5.74) is 0. The van der Waals surface area contributed by atoms with Crippen molar-refractivity contribution in [1.82, 2.24) is 0 Å². The van der Waals surface area contributed by atoms with E-state index in [0.717, 1.165) is 57.8 Å². The number of hydrogen-bond acceptors (Lipinski definition) is 4. The van der Waals surface area contributed by atoms with Crippen molar-refractivity contribution in [1.29, 1.82) is 0 Å². The molecule has 0 aliphatic rings. The third-order valence-electron chi connectivity index (χ3n) is 4.99. The van der Waals surface area contributed by atoms with Gasteiger partial charge in [-0.25, -0.2) is 8.42 Å². The van der Waals surface area contributed by atoms with Crippen molar-refractivity contribution in [3.8, 4) is 0 Å². The van der Waals surface area contributed by atoms with Crippen molar-refractivity contribution < 1.29 is 69.5 Å². The first-order chi connectivity index (χ1) is 11.9. The van der Waals surface area contributed by atoms with Gasteiger partial charge in [-0.3, -0.25) is 0 Å². The Balaban J connectivity index is 0. The first-order valence-corrected chi connectivity index (χ1v) is 12.0. The number of aliphatic hydroxyl groups excluding tert-OH is 1. The SMILES string of the molecule is CCCCCCCCC(O)CCCCCC(CCCCC)S(=O)(=O)[O-].[K+]. The molecule has 0 aromatic heterocycles. The van der Waals surface area contributed by atoms with Gasteiger partial charge < -0.3 is 9.66 Å². The Morgan fingerprint density at radius 3 is 1.54 bits per heavy atom. The smallest absolute Gasteiger partial charge is 0.748 e. The van der Waals surface area contributed by atoms with E-state index in [1.54, 1.807) is 0 Å². The fraction of sp³-hybridized carbons (Fsp3) is 1.00. The zero-order chi connectivity index (χ0) is 19.0. The normalized spacial score (nSPS) is 14.0. The van der Waals surface area contributed by atoms with Crippen LogP contribution in [0.25, 0.3) is 0 Å². The molecule has 4 nitrogen and oxygen atoms in total. The Kier molecular flexibility index (Phi) is 22.6. The summed E-state index contributed by atoms with van der Waals surface area (Å²) in [6.07, 6.45) is 15.3. The van der Waals surface area contributed by atoms with Crippen LogP contribution in [0.4, 0.5) is 0 Å². The largest absolute Gasteiger partial charge is 1.00 e. The molecule has 0 radical (unpaired) electrons. The Morgan fingerprint density at radius 1 is 0.692 bits per heavy atom. The van der Waals surface area contributed by atoms with Crippen LogP contribution >= 0.6 is 0 Å². The van der Waals surface area contributed by atoms with Gasteiger partial charge >= 0.3 is 51.4 Å². The zero-order valence-corrected chi connectivity index (χ0v) is 21.5. The summed E-state index contributed by atoms with van der Waals surface area (Å²) in [6, 6.07) is 0. The summed E-state index contributed by atoms with van der Waals surface area (Å²) in [5.74, 6) is 0. The monoisotopic (exact) mass is 416 g/mol. The van der Waals surface area contributed by atoms with E-state index in [4.69, 9.17) is 0 Å². The van der Waals surface area contributed by atoms with E-state index < -0.39 is 15.4 Å². The minimum atomic E-state index is -4.17. The van der Waals surface area contributed by atoms with E-state index in [-0.39, 0.29) is 57.5 Å². The summed E-state index contributed by atoms with van der Waals surface area (Å²) < 4.78 is 33.9. The molecular formula is C20H41KO4S. The predicted octanol–water partition coefficient (Wildman–Crippen LogP) is 2.55. The molecule has 0 bridgehead atoms. The number of hydrogen-bond donors (Lipinski definition) is 1. The van der Waals surface area contributed by atoms with Crippen LogP contribution in [0, 0.1) is 0 Å². The summed E-state index contributed by atoms with van der Waals surface area (Å²) >= 11 is 0. The van der Waals surface area contributed by atoms with E-state index in [0.29, 0.717) is 12.8 Å². The second-order valence-corrected chi connectivity index (χ2v) is 9.11. The minimum absolute atomic E-state index is 0. The first kappa shape index (κ1) is 29.7. The summed E-state index contributed by atoms with van der Waals surface area (Å²) in [4.78, 5) is 0. The van der Waals surface area contributed by atoms with Gasteiger partial charge in [-0.2, -0.15) is 0 Å². The van der Waals surface area contributed by atoms with E-state index in [1.807, 2.05) is 0 Å². The average molecular weight is 417 g/mol. The molecule has 0 aromatic rings. The average Bonchev–Trinajstić information content (AvgIpc) is 2.55. The van der Waals surface area contributed by atoms with E-state index in [2.05, 4.69) is 13.8 Å². The molecule has 26 heavy (non-hydrogen) atoms. The van der Waals surface area contributed by atoms with E-state index in [9.17, 15) is 18.1 Å². The van der Waals surface area contributed by atoms with Crippen LogP contribution in [-0.2, 0) is 10.1 Å². The van der Waals surface area contributed by atoms with Gasteiger partial charge in [0.25, 0.3) is 0 Å². The Bertz CT molecular complexity index is 387. The number of unbranched alkanes of at least 4 members (excludes halogenated alkanes) is 9. The Morgan fingerprint density at radius 2 is 1.04 bits per heavy atom. The summed E-state index contributed by atoms with van der Waals surface area (Å²) in [7, 11) is -4.17. The molecule has 0 fully saturated rings. The molecule has 0 aliphatic carbocycles. The maximum Gasteiger partial charge on any atom is 1.00 e. The molecule has 0 spiro atoms. The van der Waals surface area contributed by atoms with E-state index in [1.165, 1.54) is 32.1 Å². The third kappa shape index (κ3) is 18.9. The van der Waals surface area contributed by atoms with Crippen LogP contribution in [0.2, 0.25) is 0 Å². The van der Waals surface area contributed by atoms with Crippen LogP contribution in [0.3, 0.4) is 0 Å². The molecule has 0 saturated heterocycles. The van der Waals surface area contributed by atoms with Crippen LogP contribution < -0.4 is 51.4 Å². The molecule has 6 heteroatoms. The molecule has 152 valence electrons. The molecular weight excluding hydrogens is 375 g/mol. The van der Waals surface area contributed by atoms with Gasteiger partial charge in [-0.15, -0.1) is 0 Å². The van der Waals surface area contributed by atoms with Crippen molar-refractivity contribution in [2.75, 3.05) is 0 Å². The predicted molar refractivity (Wildman–Crippen MR) is 105 cm³/mol. The zero-order valence-electron chi connectivity index (χ0n) is 17.5. The molecule has 0 rings (SSSR count).